The molecule has 0 aliphatic carbocycles. The predicted molar refractivity (Wildman–Crippen MR) is 77.7 cm³/mol. The summed E-state index contributed by atoms with van der Waals surface area (Å²) in [5.74, 6) is 2.49. The SMILES string of the molecule is CC(C)c1nccn1C(C)c1nc(-c2ccncc2)no1. The molecule has 3 rings (SSSR count). The van der Waals surface area contributed by atoms with Crippen LogP contribution in [0.3, 0.4) is 0 Å². The van der Waals surface area contributed by atoms with Crippen LogP contribution in [0.1, 0.15) is 44.4 Å². The van der Waals surface area contributed by atoms with Gasteiger partial charge in [-0.25, -0.2) is 4.98 Å². The monoisotopic (exact) mass is 283 g/mol. The first-order valence-corrected chi connectivity index (χ1v) is 6.93. The maximum absolute atomic E-state index is 5.41. The molecule has 0 saturated carbocycles. The van der Waals surface area contributed by atoms with Crippen molar-refractivity contribution in [2.45, 2.75) is 32.7 Å². The number of rotatable bonds is 4. The van der Waals surface area contributed by atoms with Crippen LogP contribution >= 0.6 is 0 Å². The molecule has 0 aliphatic heterocycles. The Morgan fingerprint density at radius 3 is 2.57 bits per heavy atom. The van der Waals surface area contributed by atoms with Crippen molar-refractivity contribution in [3.8, 4) is 11.4 Å². The molecule has 6 heteroatoms. The van der Waals surface area contributed by atoms with E-state index in [4.69, 9.17) is 4.52 Å². The molecule has 0 saturated heterocycles. The lowest BCUT2D eigenvalue weighted by Crippen LogP contribution is -2.11. The Balaban J connectivity index is 1.91. The highest BCUT2D eigenvalue weighted by Gasteiger charge is 2.20. The number of hydrogen-bond acceptors (Lipinski definition) is 5. The number of nitrogens with zero attached hydrogens (tertiary/aromatic N) is 5. The molecule has 0 N–H and O–H groups in total. The lowest BCUT2D eigenvalue weighted by molar-refractivity contribution is 0.342. The summed E-state index contributed by atoms with van der Waals surface area (Å²) in [5, 5.41) is 4.04. The largest absolute Gasteiger partial charge is 0.337 e. The van der Waals surface area contributed by atoms with E-state index < -0.39 is 0 Å². The van der Waals surface area contributed by atoms with Crippen molar-refractivity contribution in [3.05, 3.63) is 48.6 Å². The first-order chi connectivity index (χ1) is 10.2. The minimum atomic E-state index is -0.0482. The Kier molecular flexibility index (Phi) is 3.51. The van der Waals surface area contributed by atoms with Gasteiger partial charge in [-0.3, -0.25) is 4.98 Å². The smallest absolute Gasteiger partial charge is 0.249 e. The Morgan fingerprint density at radius 1 is 1.10 bits per heavy atom. The second-order valence-electron chi connectivity index (χ2n) is 5.22. The maximum Gasteiger partial charge on any atom is 0.249 e. The quantitative estimate of drug-likeness (QED) is 0.736. The van der Waals surface area contributed by atoms with Gasteiger partial charge in [0.15, 0.2) is 0 Å². The van der Waals surface area contributed by atoms with Crippen LogP contribution in [-0.2, 0) is 0 Å². The number of aromatic nitrogens is 5. The van der Waals surface area contributed by atoms with Crippen LogP contribution in [-0.4, -0.2) is 24.7 Å². The van der Waals surface area contributed by atoms with E-state index in [1.807, 2.05) is 25.3 Å². The molecule has 1 atom stereocenters. The molecule has 0 bridgehead atoms. The van der Waals surface area contributed by atoms with Gasteiger partial charge in [0, 0.05) is 36.3 Å². The average molecular weight is 283 g/mol. The molecule has 0 aliphatic rings. The lowest BCUT2D eigenvalue weighted by atomic mass is 10.2. The van der Waals surface area contributed by atoms with Crippen LogP contribution in [0.4, 0.5) is 0 Å². The molecule has 6 nitrogen and oxygen atoms in total. The van der Waals surface area contributed by atoms with Crippen molar-refractivity contribution >= 4 is 0 Å². The van der Waals surface area contributed by atoms with Crippen molar-refractivity contribution in [2.75, 3.05) is 0 Å². The molecule has 0 aromatic carbocycles. The summed E-state index contributed by atoms with van der Waals surface area (Å²) in [4.78, 5) is 12.9. The molecule has 3 aromatic rings. The zero-order valence-electron chi connectivity index (χ0n) is 12.3. The van der Waals surface area contributed by atoms with E-state index in [0.717, 1.165) is 11.4 Å². The highest BCUT2D eigenvalue weighted by Crippen LogP contribution is 2.24. The van der Waals surface area contributed by atoms with E-state index in [1.54, 1.807) is 18.6 Å². The van der Waals surface area contributed by atoms with Gasteiger partial charge in [-0.05, 0) is 19.1 Å². The molecule has 1 unspecified atom stereocenters. The minimum absolute atomic E-state index is 0.0482. The maximum atomic E-state index is 5.41. The standard InChI is InChI=1S/C15H17N5O/c1-10(2)14-17-8-9-20(14)11(3)15-18-13(19-21-15)12-4-6-16-7-5-12/h4-11H,1-3H3. The average Bonchev–Trinajstić information content (AvgIpc) is 3.17. The van der Waals surface area contributed by atoms with Crippen LogP contribution in [0.25, 0.3) is 11.4 Å². The Labute approximate surface area is 122 Å². The molecular formula is C15H17N5O. The van der Waals surface area contributed by atoms with Crippen molar-refractivity contribution in [3.63, 3.8) is 0 Å². The van der Waals surface area contributed by atoms with Gasteiger partial charge in [0.25, 0.3) is 0 Å². The van der Waals surface area contributed by atoms with Gasteiger partial charge >= 0.3 is 0 Å². The van der Waals surface area contributed by atoms with E-state index in [-0.39, 0.29) is 6.04 Å². The van der Waals surface area contributed by atoms with Crippen LogP contribution in [0.5, 0.6) is 0 Å². The molecule has 0 fully saturated rings. The molecule has 21 heavy (non-hydrogen) atoms. The van der Waals surface area contributed by atoms with E-state index in [2.05, 4.69) is 38.5 Å². The zero-order chi connectivity index (χ0) is 14.8. The summed E-state index contributed by atoms with van der Waals surface area (Å²) in [7, 11) is 0. The summed E-state index contributed by atoms with van der Waals surface area (Å²) in [6.07, 6.45) is 7.16. The second kappa shape index (κ2) is 5.47. The van der Waals surface area contributed by atoms with Crippen LogP contribution in [0.15, 0.2) is 41.4 Å². The van der Waals surface area contributed by atoms with Gasteiger partial charge in [0.05, 0.1) is 0 Å². The number of hydrogen-bond donors (Lipinski definition) is 0. The van der Waals surface area contributed by atoms with Crippen molar-refractivity contribution in [2.24, 2.45) is 0 Å². The molecule has 108 valence electrons. The van der Waals surface area contributed by atoms with E-state index in [9.17, 15) is 0 Å². The van der Waals surface area contributed by atoms with Crippen LogP contribution in [0.2, 0.25) is 0 Å². The minimum Gasteiger partial charge on any atom is -0.337 e. The molecule has 3 aromatic heterocycles. The topological polar surface area (TPSA) is 69.6 Å². The lowest BCUT2D eigenvalue weighted by Gasteiger charge is -2.14. The molecule has 0 radical (unpaired) electrons. The van der Waals surface area contributed by atoms with Crippen molar-refractivity contribution < 1.29 is 4.52 Å². The summed E-state index contributed by atoms with van der Waals surface area (Å²) < 4.78 is 7.47. The van der Waals surface area contributed by atoms with Crippen LogP contribution < -0.4 is 0 Å². The highest BCUT2D eigenvalue weighted by molar-refractivity contribution is 5.52. The first kappa shape index (κ1) is 13.5. The second-order valence-corrected chi connectivity index (χ2v) is 5.22. The van der Waals surface area contributed by atoms with Gasteiger partial charge in [0.1, 0.15) is 11.9 Å². The third kappa shape index (κ3) is 2.56. The van der Waals surface area contributed by atoms with E-state index in [1.165, 1.54) is 0 Å². The Bertz CT molecular complexity index is 717. The zero-order valence-corrected chi connectivity index (χ0v) is 12.3. The van der Waals surface area contributed by atoms with Crippen LogP contribution in [0, 0.1) is 0 Å². The van der Waals surface area contributed by atoms with Gasteiger partial charge in [0.2, 0.25) is 11.7 Å². The van der Waals surface area contributed by atoms with Gasteiger partial charge < -0.3 is 9.09 Å². The predicted octanol–water partition coefficient (Wildman–Crippen LogP) is 3.06. The van der Waals surface area contributed by atoms with Crippen molar-refractivity contribution in [1.29, 1.82) is 0 Å². The fraction of sp³-hybridized carbons (Fsp3) is 0.333. The summed E-state index contributed by atoms with van der Waals surface area (Å²) in [6, 6.07) is 3.67. The third-order valence-corrected chi connectivity index (χ3v) is 3.37. The van der Waals surface area contributed by atoms with Gasteiger partial charge in [-0.2, -0.15) is 4.98 Å². The summed E-state index contributed by atoms with van der Waals surface area (Å²) >= 11 is 0. The van der Waals surface area contributed by atoms with Gasteiger partial charge in [-0.15, -0.1) is 0 Å². The third-order valence-electron chi connectivity index (χ3n) is 3.37. The number of imidazole rings is 1. The highest BCUT2D eigenvalue weighted by atomic mass is 16.5. The molecule has 0 spiro atoms. The Hall–Kier alpha value is -2.50. The normalized spacial score (nSPS) is 12.8. The Morgan fingerprint density at radius 2 is 1.86 bits per heavy atom. The van der Waals surface area contributed by atoms with E-state index >= 15 is 0 Å². The van der Waals surface area contributed by atoms with Gasteiger partial charge in [-0.1, -0.05) is 19.0 Å². The summed E-state index contributed by atoms with van der Waals surface area (Å²) in [5.41, 5.74) is 0.891. The number of pyridine rings is 1. The molecular weight excluding hydrogens is 266 g/mol. The molecule has 0 amide bonds. The summed E-state index contributed by atoms with van der Waals surface area (Å²) in [6.45, 7) is 6.25. The fourth-order valence-corrected chi connectivity index (χ4v) is 2.24. The first-order valence-electron chi connectivity index (χ1n) is 6.93. The van der Waals surface area contributed by atoms with Crippen molar-refractivity contribution in [1.82, 2.24) is 24.7 Å². The molecule has 3 heterocycles. The fourth-order valence-electron chi connectivity index (χ4n) is 2.24. The van der Waals surface area contributed by atoms with E-state index in [0.29, 0.717) is 17.6 Å².